The van der Waals surface area contributed by atoms with Crippen LogP contribution in [0.3, 0.4) is 0 Å². The molecule has 15 heavy (non-hydrogen) atoms. The van der Waals surface area contributed by atoms with Crippen molar-refractivity contribution >= 4 is 5.91 Å². The lowest BCUT2D eigenvalue weighted by Gasteiger charge is -2.11. The molecule has 1 amide bonds. The van der Waals surface area contributed by atoms with Gasteiger partial charge < -0.3 is 4.74 Å². The summed E-state index contributed by atoms with van der Waals surface area (Å²) in [6.07, 6.45) is 0.780. The van der Waals surface area contributed by atoms with Gasteiger partial charge in [-0.05, 0) is 24.1 Å². The van der Waals surface area contributed by atoms with E-state index in [1.807, 2.05) is 24.3 Å². The topological polar surface area (TPSA) is 55.6 Å². The molecule has 0 saturated carbocycles. The maximum Gasteiger partial charge on any atom is 0.244 e. The van der Waals surface area contributed by atoms with Crippen LogP contribution < -0.4 is 10.6 Å². The van der Waals surface area contributed by atoms with Crippen molar-refractivity contribution in [1.29, 1.82) is 0 Å². The van der Waals surface area contributed by atoms with Crippen molar-refractivity contribution < 1.29 is 9.53 Å². The molecule has 1 aromatic carbocycles. The van der Waals surface area contributed by atoms with Crippen LogP contribution in [-0.4, -0.2) is 24.6 Å². The fourth-order valence-electron chi connectivity index (χ4n) is 1.87. The molecule has 0 spiro atoms. The third kappa shape index (κ3) is 1.80. The number of ether oxygens (including phenoxy) is 1. The van der Waals surface area contributed by atoms with Crippen molar-refractivity contribution in [2.75, 3.05) is 13.7 Å². The molecule has 4 nitrogen and oxygen atoms in total. The number of carbonyl (C=O) groups excluding carboxylic acids is 1. The molecule has 1 atom stereocenters. The molecule has 2 rings (SSSR count). The first kappa shape index (κ1) is 9.98. The van der Waals surface area contributed by atoms with Gasteiger partial charge in [0.25, 0.3) is 0 Å². The lowest BCUT2D eigenvalue weighted by Crippen LogP contribution is -2.33. The van der Waals surface area contributed by atoms with Gasteiger partial charge in [0.1, 0.15) is 5.75 Å². The number of carbonyl (C=O) groups is 1. The highest BCUT2D eigenvalue weighted by Gasteiger charge is 2.31. The first-order valence-electron chi connectivity index (χ1n) is 4.92. The molecule has 1 aliphatic rings. The Hall–Kier alpha value is -1.55. The third-order valence-corrected chi connectivity index (χ3v) is 2.74. The van der Waals surface area contributed by atoms with Gasteiger partial charge in [0.2, 0.25) is 5.91 Å². The minimum Gasteiger partial charge on any atom is -0.497 e. The monoisotopic (exact) mass is 206 g/mol. The van der Waals surface area contributed by atoms with Gasteiger partial charge in [-0.2, -0.15) is 0 Å². The molecule has 0 aliphatic carbocycles. The van der Waals surface area contributed by atoms with Gasteiger partial charge >= 0.3 is 0 Å². The lowest BCUT2D eigenvalue weighted by molar-refractivity contribution is -0.129. The van der Waals surface area contributed by atoms with E-state index in [0.29, 0.717) is 6.54 Å². The van der Waals surface area contributed by atoms with E-state index in [1.165, 1.54) is 5.01 Å². The molecule has 2 N–H and O–H groups in total. The molecule has 1 heterocycles. The molecule has 80 valence electrons. The standard InChI is InChI=1S/C11H14N2O2/c1-15-9-4-2-3-8(7-9)10-5-6-13(12)11(10)14/h2-4,7,10H,5-6,12H2,1H3. The van der Waals surface area contributed by atoms with E-state index in [0.717, 1.165) is 17.7 Å². The average molecular weight is 206 g/mol. The number of rotatable bonds is 2. The molecule has 0 radical (unpaired) electrons. The highest BCUT2D eigenvalue weighted by atomic mass is 16.5. The minimum atomic E-state index is -0.106. The number of methoxy groups -OCH3 is 1. The van der Waals surface area contributed by atoms with E-state index in [-0.39, 0.29) is 11.8 Å². The lowest BCUT2D eigenvalue weighted by atomic mass is 9.98. The summed E-state index contributed by atoms with van der Waals surface area (Å²) in [5, 5.41) is 1.28. The number of benzene rings is 1. The van der Waals surface area contributed by atoms with Crippen LogP contribution in [-0.2, 0) is 4.79 Å². The van der Waals surface area contributed by atoms with Crippen LogP contribution in [0, 0.1) is 0 Å². The van der Waals surface area contributed by atoms with Crippen molar-refractivity contribution in [2.45, 2.75) is 12.3 Å². The first-order valence-corrected chi connectivity index (χ1v) is 4.92. The van der Waals surface area contributed by atoms with E-state index >= 15 is 0 Å². The molecule has 4 heteroatoms. The number of nitrogens with zero attached hydrogens (tertiary/aromatic N) is 1. The van der Waals surface area contributed by atoms with Gasteiger partial charge in [-0.1, -0.05) is 12.1 Å². The summed E-state index contributed by atoms with van der Waals surface area (Å²) >= 11 is 0. The van der Waals surface area contributed by atoms with Crippen LogP contribution in [0.25, 0.3) is 0 Å². The summed E-state index contributed by atoms with van der Waals surface area (Å²) in [4.78, 5) is 11.7. The Labute approximate surface area is 88.6 Å². The number of hydrogen-bond donors (Lipinski definition) is 1. The Morgan fingerprint density at radius 2 is 2.33 bits per heavy atom. The fourth-order valence-corrected chi connectivity index (χ4v) is 1.87. The second kappa shape index (κ2) is 3.90. The Bertz CT molecular complexity index is 379. The van der Waals surface area contributed by atoms with Crippen molar-refractivity contribution in [3.63, 3.8) is 0 Å². The summed E-state index contributed by atoms with van der Waals surface area (Å²) in [5.41, 5.74) is 0.979. The molecule has 1 aromatic rings. The molecule has 1 saturated heterocycles. The predicted molar refractivity (Wildman–Crippen MR) is 56.3 cm³/mol. The SMILES string of the molecule is COc1cccc(C2CCN(N)C2=O)c1. The molecular formula is C11H14N2O2. The van der Waals surface area contributed by atoms with Crippen molar-refractivity contribution in [3.8, 4) is 5.75 Å². The second-order valence-corrected chi connectivity index (χ2v) is 3.65. The Morgan fingerprint density at radius 1 is 1.53 bits per heavy atom. The highest BCUT2D eigenvalue weighted by molar-refractivity contribution is 5.85. The number of nitrogens with two attached hydrogens (primary N) is 1. The van der Waals surface area contributed by atoms with E-state index in [2.05, 4.69) is 0 Å². The van der Waals surface area contributed by atoms with Crippen molar-refractivity contribution in [2.24, 2.45) is 5.84 Å². The van der Waals surface area contributed by atoms with Crippen LogP contribution in [0.1, 0.15) is 17.9 Å². The maximum absolute atomic E-state index is 11.7. The summed E-state index contributed by atoms with van der Waals surface area (Å²) in [7, 11) is 1.62. The largest absolute Gasteiger partial charge is 0.497 e. The number of hydrazine groups is 1. The van der Waals surface area contributed by atoms with Gasteiger partial charge in [0.05, 0.1) is 13.0 Å². The second-order valence-electron chi connectivity index (χ2n) is 3.65. The first-order chi connectivity index (χ1) is 7.22. The van der Waals surface area contributed by atoms with E-state index in [9.17, 15) is 4.79 Å². The maximum atomic E-state index is 11.7. The average Bonchev–Trinajstić information content (AvgIpc) is 2.60. The van der Waals surface area contributed by atoms with E-state index < -0.39 is 0 Å². The Kier molecular flexibility index (Phi) is 2.60. The van der Waals surface area contributed by atoms with Gasteiger partial charge in [0, 0.05) is 6.54 Å². The number of amides is 1. The predicted octanol–water partition coefficient (Wildman–Crippen LogP) is 0.885. The molecule has 1 unspecified atom stereocenters. The molecule has 1 fully saturated rings. The van der Waals surface area contributed by atoms with Crippen LogP contribution >= 0.6 is 0 Å². The number of hydrogen-bond acceptors (Lipinski definition) is 3. The molecule has 1 aliphatic heterocycles. The summed E-state index contributed by atoms with van der Waals surface area (Å²) in [5.74, 6) is 6.19. The van der Waals surface area contributed by atoms with Gasteiger partial charge in [-0.3, -0.25) is 9.80 Å². The van der Waals surface area contributed by atoms with Crippen LogP contribution in [0.15, 0.2) is 24.3 Å². The van der Waals surface area contributed by atoms with Gasteiger partial charge in [0.15, 0.2) is 0 Å². The van der Waals surface area contributed by atoms with Gasteiger partial charge in [-0.25, -0.2) is 5.84 Å². The fraction of sp³-hybridized carbons (Fsp3) is 0.364. The Balaban J connectivity index is 2.26. The normalized spacial score (nSPS) is 20.8. The van der Waals surface area contributed by atoms with E-state index in [1.54, 1.807) is 7.11 Å². The van der Waals surface area contributed by atoms with Crippen LogP contribution in [0.2, 0.25) is 0 Å². The minimum absolute atomic E-state index is 0.0109. The van der Waals surface area contributed by atoms with Gasteiger partial charge in [-0.15, -0.1) is 0 Å². The summed E-state index contributed by atoms with van der Waals surface area (Å²) in [6, 6.07) is 7.58. The van der Waals surface area contributed by atoms with Crippen LogP contribution in [0.4, 0.5) is 0 Å². The zero-order valence-corrected chi connectivity index (χ0v) is 8.64. The van der Waals surface area contributed by atoms with Crippen molar-refractivity contribution in [3.05, 3.63) is 29.8 Å². The van der Waals surface area contributed by atoms with E-state index in [4.69, 9.17) is 10.6 Å². The highest BCUT2D eigenvalue weighted by Crippen LogP contribution is 2.28. The molecule has 0 bridgehead atoms. The Morgan fingerprint density at radius 3 is 2.93 bits per heavy atom. The summed E-state index contributed by atoms with van der Waals surface area (Å²) < 4.78 is 5.12. The smallest absolute Gasteiger partial charge is 0.244 e. The molecular weight excluding hydrogens is 192 g/mol. The zero-order chi connectivity index (χ0) is 10.8. The van der Waals surface area contributed by atoms with Crippen molar-refractivity contribution in [1.82, 2.24) is 5.01 Å². The van der Waals surface area contributed by atoms with Crippen LogP contribution in [0.5, 0.6) is 5.75 Å². The summed E-state index contributed by atoms with van der Waals surface area (Å²) in [6.45, 7) is 0.626. The quantitative estimate of drug-likeness (QED) is 0.577. The zero-order valence-electron chi connectivity index (χ0n) is 8.64. The third-order valence-electron chi connectivity index (χ3n) is 2.74. The molecule has 0 aromatic heterocycles.